The average molecular weight is 204 g/mol. The van der Waals surface area contributed by atoms with Gasteiger partial charge in [0.1, 0.15) is 6.04 Å². The summed E-state index contributed by atoms with van der Waals surface area (Å²) in [5.41, 5.74) is 0.898. The van der Waals surface area contributed by atoms with E-state index >= 15 is 0 Å². The largest absolute Gasteiger partial charge is 0.330 e. The van der Waals surface area contributed by atoms with Gasteiger partial charge in [-0.15, -0.1) is 6.58 Å². The van der Waals surface area contributed by atoms with Gasteiger partial charge in [0.05, 0.1) is 24.3 Å². The third-order valence-corrected chi connectivity index (χ3v) is 2.14. The van der Waals surface area contributed by atoms with Gasteiger partial charge in [-0.25, -0.2) is 4.98 Å². The van der Waals surface area contributed by atoms with Gasteiger partial charge in [0.25, 0.3) is 0 Å². The Hall–Kier alpha value is -1.60. The Labute approximate surface area is 90.2 Å². The molecule has 1 N–H and O–H groups in total. The number of nitrogens with one attached hydrogen (secondary N) is 1. The lowest BCUT2D eigenvalue weighted by molar-refractivity contribution is 0.538. The molecular formula is C11H16N4. The van der Waals surface area contributed by atoms with Crippen molar-refractivity contribution in [1.82, 2.24) is 14.9 Å². The van der Waals surface area contributed by atoms with E-state index in [1.807, 2.05) is 4.57 Å². The SMILES string of the molecule is C=CCNC(C#N)c1cncn1C(C)C. The van der Waals surface area contributed by atoms with E-state index in [0.717, 1.165) is 5.69 Å². The van der Waals surface area contributed by atoms with Crippen molar-refractivity contribution >= 4 is 0 Å². The molecule has 4 nitrogen and oxygen atoms in total. The van der Waals surface area contributed by atoms with Crippen LogP contribution < -0.4 is 5.32 Å². The summed E-state index contributed by atoms with van der Waals surface area (Å²) < 4.78 is 1.99. The van der Waals surface area contributed by atoms with Crippen molar-refractivity contribution in [3.63, 3.8) is 0 Å². The Morgan fingerprint density at radius 1 is 1.73 bits per heavy atom. The van der Waals surface area contributed by atoms with Gasteiger partial charge in [-0.2, -0.15) is 5.26 Å². The predicted octanol–water partition coefficient (Wildman–Crippen LogP) is 1.80. The summed E-state index contributed by atoms with van der Waals surface area (Å²) in [7, 11) is 0. The Bertz CT molecular complexity index is 359. The molecule has 0 saturated carbocycles. The number of hydrogen-bond donors (Lipinski definition) is 1. The Kier molecular flexibility index (Phi) is 4.07. The summed E-state index contributed by atoms with van der Waals surface area (Å²) in [5.74, 6) is 0. The van der Waals surface area contributed by atoms with Crippen LogP contribution >= 0.6 is 0 Å². The van der Waals surface area contributed by atoms with E-state index in [9.17, 15) is 0 Å². The van der Waals surface area contributed by atoms with Gasteiger partial charge in [0, 0.05) is 12.6 Å². The van der Waals surface area contributed by atoms with Gasteiger partial charge < -0.3 is 4.57 Å². The number of aromatic nitrogens is 2. The van der Waals surface area contributed by atoms with E-state index in [4.69, 9.17) is 5.26 Å². The van der Waals surface area contributed by atoms with Gasteiger partial charge in [-0.1, -0.05) is 6.08 Å². The molecule has 15 heavy (non-hydrogen) atoms. The molecule has 80 valence electrons. The number of nitrogens with zero attached hydrogens (tertiary/aromatic N) is 3. The van der Waals surface area contributed by atoms with Crippen LogP contribution in [0.25, 0.3) is 0 Å². The van der Waals surface area contributed by atoms with Crippen LogP contribution in [0, 0.1) is 11.3 Å². The van der Waals surface area contributed by atoms with Crippen molar-refractivity contribution in [1.29, 1.82) is 5.26 Å². The average Bonchev–Trinajstić information content (AvgIpc) is 2.68. The summed E-state index contributed by atoms with van der Waals surface area (Å²) in [6, 6.07) is 2.20. The smallest absolute Gasteiger partial charge is 0.138 e. The second-order valence-corrected chi connectivity index (χ2v) is 3.58. The highest BCUT2D eigenvalue weighted by molar-refractivity contribution is 5.14. The number of imidazole rings is 1. The van der Waals surface area contributed by atoms with E-state index in [1.54, 1.807) is 18.6 Å². The fourth-order valence-corrected chi connectivity index (χ4v) is 1.39. The van der Waals surface area contributed by atoms with Crippen molar-refractivity contribution in [3.05, 3.63) is 30.9 Å². The third-order valence-electron chi connectivity index (χ3n) is 2.14. The molecule has 1 aromatic heterocycles. The predicted molar refractivity (Wildman–Crippen MR) is 59.2 cm³/mol. The molecule has 1 heterocycles. The Balaban J connectivity index is 2.87. The van der Waals surface area contributed by atoms with Crippen LogP contribution in [-0.2, 0) is 0 Å². The highest BCUT2D eigenvalue weighted by Crippen LogP contribution is 2.16. The zero-order valence-corrected chi connectivity index (χ0v) is 9.14. The second-order valence-electron chi connectivity index (χ2n) is 3.58. The minimum Gasteiger partial charge on any atom is -0.330 e. The fraction of sp³-hybridized carbons (Fsp3) is 0.455. The second kappa shape index (κ2) is 5.32. The van der Waals surface area contributed by atoms with Crippen LogP contribution in [-0.4, -0.2) is 16.1 Å². The van der Waals surface area contributed by atoms with Crippen LogP contribution in [0.15, 0.2) is 25.2 Å². The fourth-order valence-electron chi connectivity index (χ4n) is 1.39. The highest BCUT2D eigenvalue weighted by atomic mass is 15.1. The van der Waals surface area contributed by atoms with E-state index < -0.39 is 0 Å². The topological polar surface area (TPSA) is 53.6 Å². The normalized spacial score (nSPS) is 12.4. The standard InChI is InChI=1S/C11H16N4/c1-4-5-14-10(6-12)11-7-13-8-15(11)9(2)3/h4,7-10,14H,1,5H2,2-3H3. The third kappa shape index (κ3) is 2.67. The van der Waals surface area contributed by atoms with Crippen LogP contribution in [0.2, 0.25) is 0 Å². The molecule has 1 aromatic rings. The quantitative estimate of drug-likeness (QED) is 0.744. The van der Waals surface area contributed by atoms with Gasteiger partial charge in [-0.05, 0) is 13.8 Å². The highest BCUT2D eigenvalue weighted by Gasteiger charge is 2.15. The van der Waals surface area contributed by atoms with E-state index in [-0.39, 0.29) is 6.04 Å². The van der Waals surface area contributed by atoms with Crippen molar-refractivity contribution in [2.45, 2.75) is 25.9 Å². The number of hydrogen-bond acceptors (Lipinski definition) is 3. The number of nitriles is 1. The van der Waals surface area contributed by atoms with Crippen molar-refractivity contribution in [2.24, 2.45) is 0 Å². The van der Waals surface area contributed by atoms with E-state index in [2.05, 4.69) is 36.8 Å². The molecular weight excluding hydrogens is 188 g/mol. The molecule has 0 aliphatic carbocycles. The lowest BCUT2D eigenvalue weighted by atomic mass is 10.2. The maximum atomic E-state index is 9.04. The van der Waals surface area contributed by atoms with Crippen LogP contribution in [0.4, 0.5) is 0 Å². The molecule has 0 amide bonds. The number of rotatable bonds is 5. The summed E-state index contributed by atoms with van der Waals surface area (Å²) in [6.07, 6.45) is 5.21. The molecule has 0 aromatic carbocycles. The van der Waals surface area contributed by atoms with Crippen molar-refractivity contribution in [3.8, 4) is 6.07 Å². The maximum absolute atomic E-state index is 9.04. The monoisotopic (exact) mass is 204 g/mol. The summed E-state index contributed by atoms with van der Waals surface area (Å²) >= 11 is 0. The molecule has 1 rings (SSSR count). The van der Waals surface area contributed by atoms with Crippen LogP contribution in [0.5, 0.6) is 0 Å². The molecule has 0 bridgehead atoms. The zero-order chi connectivity index (χ0) is 11.3. The minimum absolute atomic E-state index is 0.309. The zero-order valence-electron chi connectivity index (χ0n) is 9.14. The van der Waals surface area contributed by atoms with Gasteiger partial charge in [-0.3, -0.25) is 5.32 Å². The van der Waals surface area contributed by atoms with Crippen molar-refractivity contribution in [2.75, 3.05) is 6.54 Å². The molecule has 0 spiro atoms. The maximum Gasteiger partial charge on any atom is 0.138 e. The van der Waals surface area contributed by atoms with Crippen molar-refractivity contribution < 1.29 is 0 Å². The molecule has 0 fully saturated rings. The van der Waals surface area contributed by atoms with Crippen LogP contribution in [0.3, 0.4) is 0 Å². The molecule has 1 atom stereocenters. The molecule has 0 radical (unpaired) electrons. The summed E-state index contributed by atoms with van der Waals surface area (Å²) in [4.78, 5) is 4.07. The first-order chi connectivity index (χ1) is 7.20. The molecule has 0 saturated heterocycles. The lowest BCUT2D eigenvalue weighted by Crippen LogP contribution is -2.22. The summed E-state index contributed by atoms with van der Waals surface area (Å²) in [5, 5.41) is 12.1. The minimum atomic E-state index is -0.326. The first kappa shape index (κ1) is 11.5. The lowest BCUT2D eigenvalue weighted by Gasteiger charge is -2.15. The Morgan fingerprint density at radius 2 is 2.47 bits per heavy atom. The van der Waals surface area contributed by atoms with Crippen LogP contribution in [0.1, 0.15) is 31.6 Å². The summed E-state index contributed by atoms with van der Waals surface area (Å²) in [6.45, 7) is 8.35. The van der Waals surface area contributed by atoms with Gasteiger partial charge in [0.2, 0.25) is 0 Å². The van der Waals surface area contributed by atoms with E-state index in [0.29, 0.717) is 12.6 Å². The molecule has 0 aliphatic rings. The first-order valence-electron chi connectivity index (χ1n) is 4.96. The first-order valence-corrected chi connectivity index (χ1v) is 4.96. The van der Waals surface area contributed by atoms with E-state index in [1.165, 1.54) is 0 Å². The Morgan fingerprint density at radius 3 is 3.00 bits per heavy atom. The molecule has 1 unspecified atom stereocenters. The van der Waals surface area contributed by atoms with Gasteiger partial charge in [0.15, 0.2) is 0 Å². The van der Waals surface area contributed by atoms with Gasteiger partial charge >= 0.3 is 0 Å². The molecule has 0 aliphatic heterocycles. The molecule has 4 heteroatoms.